The maximum atomic E-state index is 13.1. The summed E-state index contributed by atoms with van der Waals surface area (Å²) >= 11 is 0. The first kappa shape index (κ1) is 40.6. The van der Waals surface area contributed by atoms with Gasteiger partial charge in [0.05, 0.1) is 18.3 Å². The average Bonchev–Trinajstić information content (AvgIpc) is 2.92. The topological polar surface area (TPSA) is 155 Å². The number of benzene rings is 1. The van der Waals surface area contributed by atoms with Gasteiger partial charge in [-0.05, 0) is 55.6 Å². The minimum Gasteiger partial charge on any atom is -0.493 e. The maximum absolute atomic E-state index is 13.1. The van der Waals surface area contributed by atoms with Gasteiger partial charge in [-0.3, -0.25) is 19.8 Å². The molecule has 0 fully saturated rings. The lowest BCUT2D eigenvalue weighted by Crippen LogP contribution is -2.44. The standard InChI is InChI=1S/C31H55N5O6.ClH/c1-21(2)23(20-34-30(39)24-12-8-9-13-28(24)42-17-11-10-16-41-7)18-26(32)27(37)19-25(22(3)4)31(40)33-15-14-29(38)35-36(5)6;/h8-9,12-13,21-23,25-27,37H,10-11,14-20,32H2,1-7H3,(H,33,40)(H,34,39)(H,35,38);1H. The third kappa shape index (κ3) is 16.3. The molecule has 0 spiro atoms. The Morgan fingerprint density at radius 2 is 1.63 bits per heavy atom. The zero-order valence-electron chi connectivity index (χ0n) is 27.1. The minimum absolute atomic E-state index is 0. The molecule has 0 saturated heterocycles. The van der Waals surface area contributed by atoms with Crippen LogP contribution in [0.3, 0.4) is 0 Å². The van der Waals surface area contributed by atoms with Crippen LogP contribution in [-0.4, -0.2) is 87.5 Å². The molecule has 248 valence electrons. The van der Waals surface area contributed by atoms with Crippen LogP contribution in [0.4, 0.5) is 0 Å². The molecule has 1 aromatic carbocycles. The van der Waals surface area contributed by atoms with Crippen molar-refractivity contribution in [2.24, 2.45) is 29.4 Å². The number of nitrogens with two attached hydrogens (primary N) is 1. The van der Waals surface area contributed by atoms with Crippen LogP contribution in [-0.2, 0) is 14.3 Å². The molecule has 0 aliphatic carbocycles. The molecule has 43 heavy (non-hydrogen) atoms. The number of carbonyl (C=O) groups excluding carboxylic acids is 3. The molecule has 1 rings (SSSR count). The normalized spacial score (nSPS) is 14.0. The van der Waals surface area contributed by atoms with E-state index < -0.39 is 18.1 Å². The predicted octanol–water partition coefficient (Wildman–Crippen LogP) is 2.76. The molecule has 3 amide bonds. The zero-order valence-corrected chi connectivity index (χ0v) is 27.9. The van der Waals surface area contributed by atoms with E-state index >= 15 is 0 Å². The van der Waals surface area contributed by atoms with E-state index in [4.69, 9.17) is 15.2 Å². The second kappa shape index (κ2) is 22.1. The first-order valence-electron chi connectivity index (χ1n) is 15.0. The molecule has 11 nitrogen and oxygen atoms in total. The smallest absolute Gasteiger partial charge is 0.255 e. The van der Waals surface area contributed by atoms with Gasteiger partial charge in [-0.25, -0.2) is 5.01 Å². The molecule has 0 aliphatic rings. The molecule has 4 unspecified atom stereocenters. The number of methoxy groups -OCH3 is 1. The predicted molar refractivity (Wildman–Crippen MR) is 172 cm³/mol. The van der Waals surface area contributed by atoms with Gasteiger partial charge in [0.1, 0.15) is 5.75 Å². The molecular formula is C31H56ClN5O6. The molecule has 0 bridgehead atoms. The third-order valence-corrected chi connectivity index (χ3v) is 7.31. The minimum atomic E-state index is -0.899. The highest BCUT2D eigenvalue weighted by molar-refractivity contribution is 5.96. The molecule has 12 heteroatoms. The van der Waals surface area contributed by atoms with Gasteiger partial charge in [-0.1, -0.05) is 39.8 Å². The molecule has 1 aromatic rings. The van der Waals surface area contributed by atoms with Crippen molar-refractivity contribution >= 4 is 30.1 Å². The van der Waals surface area contributed by atoms with E-state index in [1.807, 2.05) is 19.9 Å². The average molecular weight is 630 g/mol. The van der Waals surface area contributed by atoms with E-state index in [1.54, 1.807) is 44.4 Å². The van der Waals surface area contributed by atoms with Crippen LogP contribution >= 0.6 is 12.4 Å². The Hall–Kier alpha value is -2.44. The van der Waals surface area contributed by atoms with E-state index in [0.717, 1.165) is 12.8 Å². The van der Waals surface area contributed by atoms with Crippen molar-refractivity contribution in [2.75, 3.05) is 47.5 Å². The maximum Gasteiger partial charge on any atom is 0.255 e. The van der Waals surface area contributed by atoms with Gasteiger partial charge in [-0.15, -0.1) is 12.4 Å². The molecule has 0 saturated carbocycles. The number of aliphatic hydroxyl groups is 1. The number of carbonyl (C=O) groups is 3. The number of para-hydroxylation sites is 1. The van der Waals surface area contributed by atoms with Gasteiger partial charge >= 0.3 is 0 Å². The second-order valence-corrected chi connectivity index (χ2v) is 11.8. The van der Waals surface area contributed by atoms with Gasteiger partial charge in [0.2, 0.25) is 11.8 Å². The van der Waals surface area contributed by atoms with Gasteiger partial charge in [-0.2, -0.15) is 0 Å². The summed E-state index contributed by atoms with van der Waals surface area (Å²) < 4.78 is 10.9. The summed E-state index contributed by atoms with van der Waals surface area (Å²) in [6.07, 6.45) is 1.65. The number of rotatable bonds is 21. The number of hydrogen-bond acceptors (Lipinski definition) is 8. The Labute approximate surface area is 264 Å². The highest BCUT2D eigenvalue weighted by atomic mass is 35.5. The van der Waals surface area contributed by atoms with E-state index in [1.165, 1.54) is 0 Å². The fraction of sp³-hybridized carbons (Fsp3) is 0.710. The van der Waals surface area contributed by atoms with Gasteiger partial charge < -0.3 is 30.9 Å². The summed E-state index contributed by atoms with van der Waals surface area (Å²) in [6.45, 7) is 9.73. The number of nitrogens with zero attached hydrogens (tertiary/aromatic N) is 1. The number of ether oxygens (including phenoxy) is 2. The number of hydrazine groups is 1. The van der Waals surface area contributed by atoms with Crippen molar-refractivity contribution in [1.82, 2.24) is 21.1 Å². The Morgan fingerprint density at radius 3 is 2.23 bits per heavy atom. The molecule has 4 atom stereocenters. The molecule has 0 aromatic heterocycles. The summed E-state index contributed by atoms with van der Waals surface area (Å²) in [5.74, 6) is -0.341. The van der Waals surface area contributed by atoms with E-state index in [-0.39, 0.29) is 67.3 Å². The number of amides is 3. The number of unbranched alkanes of at least 4 members (excludes halogenated alkanes) is 1. The summed E-state index contributed by atoms with van der Waals surface area (Å²) in [7, 11) is 5.10. The highest BCUT2D eigenvalue weighted by Gasteiger charge is 2.30. The monoisotopic (exact) mass is 629 g/mol. The first-order chi connectivity index (χ1) is 19.9. The van der Waals surface area contributed by atoms with Gasteiger partial charge in [0, 0.05) is 59.3 Å². The summed E-state index contributed by atoms with van der Waals surface area (Å²) in [4.78, 5) is 37.8. The van der Waals surface area contributed by atoms with Crippen LogP contribution in [0.25, 0.3) is 0 Å². The van der Waals surface area contributed by atoms with Crippen LogP contribution in [0.1, 0.15) is 70.2 Å². The van der Waals surface area contributed by atoms with E-state index in [0.29, 0.717) is 37.5 Å². The Morgan fingerprint density at radius 1 is 0.977 bits per heavy atom. The number of aliphatic hydroxyl groups excluding tert-OH is 1. The van der Waals surface area contributed by atoms with Crippen LogP contribution < -0.4 is 26.5 Å². The van der Waals surface area contributed by atoms with E-state index in [2.05, 4.69) is 29.9 Å². The Kier molecular flexibility index (Phi) is 20.9. The van der Waals surface area contributed by atoms with Gasteiger partial charge in [0.25, 0.3) is 5.91 Å². The second-order valence-electron chi connectivity index (χ2n) is 11.8. The summed E-state index contributed by atoms with van der Waals surface area (Å²) in [5, 5.41) is 18.4. The van der Waals surface area contributed by atoms with Crippen LogP contribution in [0.5, 0.6) is 5.75 Å². The van der Waals surface area contributed by atoms with Crippen molar-refractivity contribution in [3.05, 3.63) is 29.8 Å². The number of halogens is 1. The van der Waals surface area contributed by atoms with Crippen LogP contribution in [0.15, 0.2) is 24.3 Å². The molecule has 0 radical (unpaired) electrons. The van der Waals surface area contributed by atoms with Crippen molar-refractivity contribution in [3.63, 3.8) is 0 Å². The van der Waals surface area contributed by atoms with Crippen molar-refractivity contribution < 1.29 is 29.0 Å². The van der Waals surface area contributed by atoms with Crippen LogP contribution in [0.2, 0.25) is 0 Å². The fourth-order valence-electron chi connectivity index (χ4n) is 4.58. The number of nitrogens with one attached hydrogen (secondary N) is 3. The number of hydrogen-bond donors (Lipinski definition) is 5. The van der Waals surface area contributed by atoms with Crippen LogP contribution in [0, 0.1) is 23.7 Å². The summed E-state index contributed by atoms with van der Waals surface area (Å²) in [6, 6.07) is 6.60. The zero-order chi connectivity index (χ0) is 31.7. The first-order valence-corrected chi connectivity index (χ1v) is 15.0. The molecule has 0 aliphatic heterocycles. The van der Waals surface area contributed by atoms with Crippen molar-refractivity contribution in [3.8, 4) is 5.75 Å². The Balaban J connectivity index is 0.0000176. The van der Waals surface area contributed by atoms with Crippen molar-refractivity contribution in [2.45, 2.75) is 71.9 Å². The molecule has 6 N–H and O–H groups in total. The SMILES string of the molecule is COCCCCOc1ccccc1C(=O)NCC(CC(N)C(O)CC(C(=O)NCCC(=O)NN(C)C)C(C)C)C(C)C.Cl. The lowest BCUT2D eigenvalue weighted by Gasteiger charge is -2.30. The lowest BCUT2D eigenvalue weighted by molar-refractivity contribution is -0.128. The highest BCUT2D eigenvalue weighted by Crippen LogP contribution is 2.24. The van der Waals surface area contributed by atoms with Gasteiger partial charge in [0.15, 0.2) is 0 Å². The quantitative estimate of drug-likeness (QED) is 0.103. The summed E-state index contributed by atoms with van der Waals surface area (Å²) in [5.41, 5.74) is 9.55. The molecular weight excluding hydrogens is 574 g/mol. The largest absolute Gasteiger partial charge is 0.493 e. The Bertz CT molecular complexity index is 949. The molecule has 0 heterocycles. The van der Waals surface area contributed by atoms with Crippen molar-refractivity contribution in [1.29, 1.82) is 0 Å². The fourth-order valence-corrected chi connectivity index (χ4v) is 4.58. The third-order valence-electron chi connectivity index (χ3n) is 7.31. The lowest BCUT2D eigenvalue weighted by atomic mass is 9.83. The van der Waals surface area contributed by atoms with E-state index in [9.17, 15) is 19.5 Å².